The minimum atomic E-state index is 0.786. The van der Waals surface area contributed by atoms with Gasteiger partial charge < -0.3 is 5.32 Å². The Hall–Kier alpha value is -0.630. The van der Waals surface area contributed by atoms with E-state index in [1.165, 1.54) is 0 Å². The van der Waals surface area contributed by atoms with Gasteiger partial charge in [0.15, 0.2) is 0 Å². The fourth-order valence-electron chi connectivity index (χ4n) is 0.731. The van der Waals surface area contributed by atoms with Crippen LogP contribution >= 0.6 is 0 Å². The molecule has 0 aliphatic heterocycles. The SMILES string of the molecule is CCC/C(C=O)=C\CNC. The lowest BCUT2D eigenvalue weighted by atomic mass is 10.1. The second-order valence-electron chi connectivity index (χ2n) is 2.20. The van der Waals surface area contributed by atoms with Crippen molar-refractivity contribution >= 4 is 6.29 Å². The number of hydrogen-bond acceptors (Lipinski definition) is 2. The van der Waals surface area contributed by atoms with Crippen LogP contribution in [0.25, 0.3) is 0 Å². The highest BCUT2D eigenvalue weighted by Gasteiger charge is 1.90. The number of carbonyl (C=O) groups excluding carboxylic acids is 1. The summed E-state index contributed by atoms with van der Waals surface area (Å²) in [6, 6.07) is 0. The first-order valence-corrected chi connectivity index (χ1v) is 3.64. The molecule has 0 unspecified atom stereocenters. The molecule has 0 rings (SSSR count). The van der Waals surface area contributed by atoms with Crippen molar-refractivity contribution in [1.82, 2.24) is 5.32 Å². The van der Waals surface area contributed by atoms with Gasteiger partial charge in [-0.3, -0.25) is 4.79 Å². The molecule has 0 aromatic heterocycles. The maximum Gasteiger partial charge on any atom is 0.145 e. The van der Waals surface area contributed by atoms with E-state index < -0.39 is 0 Å². The number of hydrogen-bond donors (Lipinski definition) is 1. The van der Waals surface area contributed by atoms with E-state index >= 15 is 0 Å². The summed E-state index contributed by atoms with van der Waals surface area (Å²) in [5.41, 5.74) is 0.900. The number of allylic oxidation sites excluding steroid dienone is 1. The Bertz CT molecular complexity index is 118. The molecule has 0 fully saturated rings. The van der Waals surface area contributed by atoms with Gasteiger partial charge in [0.25, 0.3) is 0 Å². The maximum atomic E-state index is 10.3. The lowest BCUT2D eigenvalue weighted by molar-refractivity contribution is -0.105. The molecule has 2 heteroatoms. The van der Waals surface area contributed by atoms with Crippen LogP contribution < -0.4 is 5.32 Å². The van der Waals surface area contributed by atoms with E-state index in [0.29, 0.717) is 0 Å². The van der Waals surface area contributed by atoms with Crippen LogP contribution in [0.3, 0.4) is 0 Å². The zero-order chi connectivity index (χ0) is 7.82. The number of nitrogens with one attached hydrogen (secondary N) is 1. The van der Waals surface area contributed by atoms with Crippen LogP contribution in [0.4, 0.5) is 0 Å². The molecule has 58 valence electrons. The molecule has 10 heavy (non-hydrogen) atoms. The van der Waals surface area contributed by atoms with Crippen molar-refractivity contribution in [2.75, 3.05) is 13.6 Å². The van der Waals surface area contributed by atoms with Gasteiger partial charge in [-0.1, -0.05) is 19.4 Å². The van der Waals surface area contributed by atoms with Crippen LogP contribution in [0.1, 0.15) is 19.8 Å². The number of aldehydes is 1. The van der Waals surface area contributed by atoms with Gasteiger partial charge in [-0.05, 0) is 19.0 Å². The van der Waals surface area contributed by atoms with E-state index in [9.17, 15) is 4.79 Å². The zero-order valence-electron chi connectivity index (χ0n) is 6.68. The van der Waals surface area contributed by atoms with Crippen LogP contribution in [0.5, 0.6) is 0 Å². The van der Waals surface area contributed by atoms with Crippen LogP contribution in [0.2, 0.25) is 0 Å². The molecule has 0 spiro atoms. The molecule has 0 saturated carbocycles. The average molecular weight is 141 g/mol. The lowest BCUT2D eigenvalue weighted by Crippen LogP contribution is -2.05. The van der Waals surface area contributed by atoms with Crippen LogP contribution in [-0.2, 0) is 4.79 Å². The Morgan fingerprint density at radius 1 is 1.60 bits per heavy atom. The largest absolute Gasteiger partial charge is 0.316 e. The number of rotatable bonds is 5. The van der Waals surface area contributed by atoms with Crippen molar-refractivity contribution in [1.29, 1.82) is 0 Å². The third-order valence-electron chi connectivity index (χ3n) is 1.26. The highest BCUT2D eigenvalue weighted by atomic mass is 16.1. The van der Waals surface area contributed by atoms with Gasteiger partial charge in [0.2, 0.25) is 0 Å². The fraction of sp³-hybridized carbons (Fsp3) is 0.625. The highest BCUT2D eigenvalue weighted by Crippen LogP contribution is 1.99. The Morgan fingerprint density at radius 2 is 2.30 bits per heavy atom. The molecule has 0 radical (unpaired) electrons. The Balaban J connectivity index is 3.66. The molecular formula is C8H15NO. The first kappa shape index (κ1) is 9.37. The summed E-state index contributed by atoms with van der Waals surface area (Å²) in [6.45, 7) is 2.85. The topological polar surface area (TPSA) is 29.1 Å². The summed E-state index contributed by atoms with van der Waals surface area (Å²) < 4.78 is 0. The zero-order valence-corrected chi connectivity index (χ0v) is 6.68. The minimum Gasteiger partial charge on any atom is -0.316 e. The molecule has 2 nitrogen and oxygen atoms in total. The summed E-state index contributed by atoms with van der Waals surface area (Å²) in [4.78, 5) is 10.3. The second kappa shape index (κ2) is 6.49. The monoisotopic (exact) mass is 141 g/mol. The average Bonchev–Trinajstić information content (AvgIpc) is 1.98. The molecule has 0 aromatic carbocycles. The quantitative estimate of drug-likeness (QED) is 0.459. The van der Waals surface area contributed by atoms with E-state index in [2.05, 4.69) is 12.2 Å². The lowest BCUT2D eigenvalue weighted by Gasteiger charge is -1.94. The first-order chi connectivity index (χ1) is 4.85. The first-order valence-electron chi connectivity index (χ1n) is 3.64. The normalized spacial score (nSPS) is 11.6. The van der Waals surface area contributed by atoms with Crippen molar-refractivity contribution in [3.63, 3.8) is 0 Å². The van der Waals surface area contributed by atoms with Crippen molar-refractivity contribution in [3.05, 3.63) is 11.6 Å². The van der Waals surface area contributed by atoms with Crippen molar-refractivity contribution in [3.8, 4) is 0 Å². The van der Waals surface area contributed by atoms with Crippen LogP contribution in [-0.4, -0.2) is 19.9 Å². The van der Waals surface area contributed by atoms with Gasteiger partial charge >= 0.3 is 0 Å². The second-order valence-corrected chi connectivity index (χ2v) is 2.20. The molecule has 0 atom stereocenters. The number of carbonyl (C=O) groups is 1. The molecule has 1 N–H and O–H groups in total. The van der Waals surface area contributed by atoms with Gasteiger partial charge in [0.05, 0.1) is 0 Å². The Labute approximate surface area is 62.3 Å². The third-order valence-corrected chi connectivity index (χ3v) is 1.26. The van der Waals surface area contributed by atoms with Crippen molar-refractivity contribution < 1.29 is 4.79 Å². The highest BCUT2D eigenvalue weighted by molar-refractivity contribution is 5.72. The summed E-state index contributed by atoms with van der Waals surface area (Å²) in [5.74, 6) is 0. The van der Waals surface area contributed by atoms with E-state index in [-0.39, 0.29) is 0 Å². The molecule has 0 aliphatic carbocycles. The fourth-order valence-corrected chi connectivity index (χ4v) is 0.731. The van der Waals surface area contributed by atoms with E-state index in [1.54, 1.807) is 0 Å². The predicted octanol–water partition coefficient (Wildman–Crippen LogP) is 1.13. The molecule has 0 aromatic rings. The summed E-state index contributed by atoms with van der Waals surface area (Å²) >= 11 is 0. The van der Waals surface area contributed by atoms with Gasteiger partial charge in [-0.25, -0.2) is 0 Å². The molecule has 0 aliphatic rings. The van der Waals surface area contributed by atoms with Crippen molar-refractivity contribution in [2.24, 2.45) is 0 Å². The molecular weight excluding hydrogens is 126 g/mol. The summed E-state index contributed by atoms with van der Waals surface area (Å²) in [5, 5.41) is 2.96. The van der Waals surface area contributed by atoms with E-state index in [0.717, 1.165) is 31.2 Å². The predicted molar refractivity (Wildman–Crippen MR) is 43.0 cm³/mol. The van der Waals surface area contributed by atoms with Gasteiger partial charge in [-0.2, -0.15) is 0 Å². The van der Waals surface area contributed by atoms with Gasteiger partial charge in [0.1, 0.15) is 6.29 Å². The standard InChI is InChI=1S/C8H15NO/c1-3-4-8(7-10)5-6-9-2/h5,7,9H,3-4,6H2,1-2H3/b8-5+. The van der Waals surface area contributed by atoms with Crippen LogP contribution in [0.15, 0.2) is 11.6 Å². The summed E-state index contributed by atoms with van der Waals surface area (Å²) in [7, 11) is 1.87. The number of likely N-dealkylation sites (N-methyl/N-ethyl adjacent to an activating group) is 1. The Morgan fingerprint density at radius 3 is 2.70 bits per heavy atom. The molecule has 0 saturated heterocycles. The Kier molecular flexibility index (Phi) is 6.08. The molecule has 0 amide bonds. The van der Waals surface area contributed by atoms with E-state index in [4.69, 9.17) is 0 Å². The van der Waals surface area contributed by atoms with Gasteiger partial charge in [0, 0.05) is 6.54 Å². The van der Waals surface area contributed by atoms with E-state index in [1.807, 2.05) is 13.1 Å². The van der Waals surface area contributed by atoms with Crippen molar-refractivity contribution in [2.45, 2.75) is 19.8 Å². The minimum absolute atomic E-state index is 0.786. The maximum absolute atomic E-state index is 10.3. The summed E-state index contributed by atoms with van der Waals surface area (Å²) in [6.07, 6.45) is 4.79. The molecule has 0 bridgehead atoms. The van der Waals surface area contributed by atoms with Crippen LogP contribution in [0, 0.1) is 0 Å². The molecule has 0 heterocycles. The van der Waals surface area contributed by atoms with Gasteiger partial charge in [-0.15, -0.1) is 0 Å². The smallest absolute Gasteiger partial charge is 0.145 e. The third kappa shape index (κ3) is 4.27.